The summed E-state index contributed by atoms with van der Waals surface area (Å²) in [4.78, 5) is 15.4. The fourth-order valence-electron chi connectivity index (χ4n) is 2.16. The van der Waals surface area contributed by atoms with E-state index < -0.39 is 5.97 Å². The van der Waals surface area contributed by atoms with Gasteiger partial charge < -0.3 is 10.4 Å². The summed E-state index contributed by atoms with van der Waals surface area (Å²) in [5.41, 5.74) is 1.15. The Morgan fingerprint density at radius 2 is 2.14 bits per heavy atom. The Morgan fingerprint density at radius 1 is 1.38 bits per heavy atom. The van der Waals surface area contributed by atoms with E-state index in [0.717, 1.165) is 5.56 Å². The van der Waals surface area contributed by atoms with E-state index in [1.54, 1.807) is 17.7 Å². The molecule has 2 aromatic rings. The van der Waals surface area contributed by atoms with Crippen LogP contribution in [0, 0.1) is 6.92 Å². The minimum absolute atomic E-state index is 0.109. The molecule has 1 aliphatic rings. The van der Waals surface area contributed by atoms with E-state index in [1.165, 1.54) is 0 Å². The summed E-state index contributed by atoms with van der Waals surface area (Å²) in [7, 11) is 0. The van der Waals surface area contributed by atoms with Gasteiger partial charge in [0.05, 0.1) is 6.04 Å². The van der Waals surface area contributed by atoms with Crippen LogP contribution in [0.2, 0.25) is 0 Å². The van der Waals surface area contributed by atoms with Crippen molar-refractivity contribution in [3.8, 4) is 0 Å². The number of hydrogen-bond acceptors (Lipinski definition) is 4. The van der Waals surface area contributed by atoms with Crippen molar-refractivity contribution in [1.29, 1.82) is 0 Å². The second-order valence-corrected chi connectivity index (χ2v) is 4.70. The smallest absolute Gasteiger partial charge is 0.352 e. The maximum Gasteiger partial charge on any atom is 0.352 e. The summed E-state index contributed by atoms with van der Waals surface area (Å²) in [6, 6.07) is 9.52. The minimum atomic E-state index is -1.01. The van der Waals surface area contributed by atoms with E-state index in [4.69, 9.17) is 5.11 Å². The molecule has 0 radical (unpaired) electrons. The monoisotopic (exact) mass is 282 g/mol. The van der Waals surface area contributed by atoms with Crippen LogP contribution in [0.15, 0.2) is 48.2 Å². The Labute approximate surface area is 121 Å². The number of aryl methyl sites for hydroxylation is 1. The molecule has 6 heteroatoms. The van der Waals surface area contributed by atoms with Crippen LogP contribution in [0.4, 0.5) is 5.95 Å². The maximum absolute atomic E-state index is 11.2. The van der Waals surface area contributed by atoms with Crippen molar-refractivity contribution in [2.24, 2.45) is 0 Å². The molecule has 0 saturated carbocycles. The maximum atomic E-state index is 11.2. The lowest BCUT2D eigenvalue weighted by molar-refractivity contribution is -0.132. The van der Waals surface area contributed by atoms with E-state index in [2.05, 4.69) is 15.4 Å². The molecule has 0 saturated heterocycles. The van der Waals surface area contributed by atoms with Crippen molar-refractivity contribution in [1.82, 2.24) is 14.8 Å². The molecule has 2 heterocycles. The molecule has 0 amide bonds. The van der Waals surface area contributed by atoms with Crippen molar-refractivity contribution < 1.29 is 9.90 Å². The summed E-state index contributed by atoms with van der Waals surface area (Å²) >= 11 is 0. The fraction of sp³-hybridized carbons (Fsp3) is 0.133. The summed E-state index contributed by atoms with van der Waals surface area (Å²) in [5.74, 6) is 0.0192. The number of carboxylic acid groups (broad SMARTS) is 1. The number of nitrogens with zero attached hydrogens (tertiary/aromatic N) is 3. The van der Waals surface area contributed by atoms with Gasteiger partial charge in [-0.25, -0.2) is 9.48 Å². The Hall–Kier alpha value is -2.89. The van der Waals surface area contributed by atoms with E-state index >= 15 is 0 Å². The van der Waals surface area contributed by atoms with Crippen LogP contribution < -0.4 is 5.32 Å². The van der Waals surface area contributed by atoms with Crippen LogP contribution in [0.1, 0.15) is 17.4 Å². The standard InChI is InChI=1S/C15H14N4O2/c1-10-16-15-17-13(14(20)21)9-12(19(15)18-10)8-7-11-5-3-2-4-6-11/h2-9,12H,1H3,(H,20,21)(H,16,17,18)/b8-7+/t12-/m0/s1. The van der Waals surface area contributed by atoms with Gasteiger partial charge in [0.1, 0.15) is 11.5 Å². The predicted octanol–water partition coefficient (Wildman–Crippen LogP) is 2.24. The first-order valence-corrected chi connectivity index (χ1v) is 6.52. The first kappa shape index (κ1) is 13.1. The number of carboxylic acids is 1. The number of allylic oxidation sites excluding steroid dienone is 2. The average Bonchev–Trinajstić information content (AvgIpc) is 2.86. The number of anilines is 1. The summed E-state index contributed by atoms with van der Waals surface area (Å²) in [6.45, 7) is 1.77. The lowest BCUT2D eigenvalue weighted by Gasteiger charge is -2.19. The zero-order valence-corrected chi connectivity index (χ0v) is 11.4. The highest BCUT2D eigenvalue weighted by Gasteiger charge is 2.23. The van der Waals surface area contributed by atoms with Gasteiger partial charge in [-0.3, -0.25) is 0 Å². The quantitative estimate of drug-likeness (QED) is 0.902. The molecule has 2 N–H and O–H groups in total. The number of benzene rings is 1. The van der Waals surface area contributed by atoms with Gasteiger partial charge >= 0.3 is 5.97 Å². The van der Waals surface area contributed by atoms with Crippen LogP contribution in [-0.4, -0.2) is 25.8 Å². The van der Waals surface area contributed by atoms with Crippen LogP contribution in [0.5, 0.6) is 0 Å². The van der Waals surface area contributed by atoms with E-state index in [1.807, 2.05) is 42.5 Å². The molecule has 1 aromatic heterocycles. The topological polar surface area (TPSA) is 80.0 Å². The van der Waals surface area contributed by atoms with E-state index in [-0.39, 0.29) is 11.7 Å². The first-order chi connectivity index (χ1) is 10.1. The van der Waals surface area contributed by atoms with Crippen LogP contribution in [0.3, 0.4) is 0 Å². The van der Waals surface area contributed by atoms with Gasteiger partial charge in [-0.05, 0) is 18.6 Å². The SMILES string of the molecule is Cc1nc2n(n1)[C@@H](/C=C/c1ccccc1)C=C(C(=O)O)N2. The van der Waals surface area contributed by atoms with Crippen LogP contribution >= 0.6 is 0 Å². The molecule has 1 aliphatic heterocycles. The molecule has 1 aromatic carbocycles. The van der Waals surface area contributed by atoms with Crippen molar-refractivity contribution >= 4 is 18.0 Å². The molecule has 6 nitrogen and oxygen atoms in total. The van der Waals surface area contributed by atoms with Crippen molar-refractivity contribution in [2.45, 2.75) is 13.0 Å². The Kier molecular flexibility index (Phi) is 3.27. The highest BCUT2D eigenvalue weighted by Crippen LogP contribution is 2.24. The lowest BCUT2D eigenvalue weighted by Crippen LogP contribution is -2.22. The summed E-state index contributed by atoms with van der Waals surface area (Å²) in [6.07, 6.45) is 5.45. The lowest BCUT2D eigenvalue weighted by atomic mass is 10.1. The van der Waals surface area contributed by atoms with Crippen molar-refractivity contribution in [3.63, 3.8) is 0 Å². The predicted molar refractivity (Wildman–Crippen MR) is 78.6 cm³/mol. The number of fused-ring (bicyclic) bond motifs is 1. The van der Waals surface area contributed by atoms with Gasteiger partial charge in [0, 0.05) is 0 Å². The molecule has 1 atom stereocenters. The first-order valence-electron chi connectivity index (χ1n) is 6.52. The normalized spacial score (nSPS) is 17.2. The minimum Gasteiger partial charge on any atom is -0.477 e. The molecule has 0 unspecified atom stereocenters. The summed E-state index contributed by atoms with van der Waals surface area (Å²) < 4.78 is 1.67. The molecule has 0 aliphatic carbocycles. The van der Waals surface area contributed by atoms with Crippen molar-refractivity contribution in [3.05, 3.63) is 59.6 Å². The highest BCUT2D eigenvalue weighted by molar-refractivity contribution is 5.90. The fourth-order valence-corrected chi connectivity index (χ4v) is 2.16. The molecule has 21 heavy (non-hydrogen) atoms. The zero-order chi connectivity index (χ0) is 14.8. The number of aromatic nitrogens is 3. The van der Waals surface area contributed by atoms with Crippen LogP contribution in [0.25, 0.3) is 6.08 Å². The van der Waals surface area contributed by atoms with Gasteiger partial charge in [-0.1, -0.05) is 42.5 Å². The van der Waals surface area contributed by atoms with Gasteiger partial charge in [-0.2, -0.15) is 10.1 Å². The number of rotatable bonds is 3. The largest absolute Gasteiger partial charge is 0.477 e. The number of hydrogen-bond donors (Lipinski definition) is 2. The van der Waals surface area contributed by atoms with E-state index in [9.17, 15) is 4.79 Å². The van der Waals surface area contributed by atoms with Crippen molar-refractivity contribution in [2.75, 3.05) is 5.32 Å². The summed E-state index contributed by atoms with van der Waals surface area (Å²) in [5, 5.41) is 16.2. The molecular weight excluding hydrogens is 268 g/mol. The molecule has 3 rings (SSSR count). The average molecular weight is 282 g/mol. The number of aliphatic carboxylic acids is 1. The Bertz CT molecular complexity index is 731. The zero-order valence-electron chi connectivity index (χ0n) is 11.4. The Balaban J connectivity index is 1.95. The van der Waals surface area contributed by atoms with Gasteiger partial charge in [-0.15, -0.1) is 0 Å². The molecule has 0 fully saturated rings. The molecule has 0 bridgehead atoms. The second kappa shape index (κ2) is 5.24. The third kappa shape index (κ3) is 2.69. The van der Waals surface area contributed by atoms with Crippen LogP contribution in [-0.2, 0) is 4.79 Å². The Morgan fingerprint density at radius 3 is 2.86 bits per heavy atom. The van der Waals surface area contributed by atoms with Gasteiger partial charge in [0.25, 0.3) is 0 Å². The van der Waals surface area contributed by atoms with Gasteiger partial charge in [0.2, 0.25) is 5.95 Å². The number of carbonyl (C=O) groups is 1. The third-order valence-corrected chi connectivity index (χ3v) is 3.12. The molecule has 0 spiro atoms. The molecular formula is C15H14N4O2. The second-order valence-electron chi connectivity index (χ2n) is 4.70. The molecule has 106 valence electrons. The third-order valence-electron chi connectivity index (χ3n) is 3.12. The van der Waals surface area contributed by atoms with E-state index in [0.29, 0.717) is 11.8 Å². The number of nitrogens with one attached hydrogen (secondary N) is 1. The highest BCUT2D eigenvalue weighted by atomic mass is 16.4. The van der Waals surface area contributed by atoms with Gasteiger partial charge in [0.15, 0.2) is 0 Å².